The van der Waals surface area contributed by atoms with Gasteiger partial charge in [0.15, 0.2) is 0 Å². The molecule has 0 fully saturated rings. The molecular weight excluding hydrogens is 128 g/mol. The molecule has 0 saturated carbocycles. The van der Waals surface area contributed by atoms with Gasteiger partial charge in [-0.2, -0.15) is 0 Å². The first-order chi connectivity index (χ1) is 2.50. The maximum absolute atomic E-state index is 3.85. The van der Waals surface area contributed by atoms with Gasteiger partial charge in [0.2, 0.25) is 0 Å². The molecule has 0 aromatic rings. The van der Waals surface area contributed by atoms with E-state index >= 15 is 0 Å². The first-order valence-electron chi connectivity index (χ1n) is 1.72. The summed E-state index contributed by atoms with van der Waals surface area (Å²) in [5.41, 5.74) is 0. The van der Waals surface area contributed by atoms with Crippen molar-refractivity contribution in [3.05, 3.63) is 0 Å². The topological polar surface area (TPSA) is 24.4 Å². The fourth-order valence-electron chi connectivity index (χ4n) is 0.323. The summed E-state index contributed by atoms with van der Waals surface area (Å²) < 4.78 is 0. The van der Waals surface area contributed by atoms with Crippen LogP contribution in [0.5, 0.6) is 0 Å². The fourth-order valence-corrected chi connectivity index (χ4v) is 0.323. The second kappa shape index (κ2) is 3.19. The van der Waals surface area contributed by atoms with E-state index < -0.39 is 0 Å². The standard InChI is InChI=1S/C3H6N2.Cu/c1-2-5-3-4-1;/h3H,1-2H2,(H,4,5);/q;+1. The minimum Gasteiger partial charge on any atom is -0.375 e. The number of hydrogen-bond acceptors (Lipinski definition) is 2. The molecule has 1 N–H and O–H groups in total. The number of hydrogen-bond donors (Lipinski definition) is 1. The summed E-state index contributed by atoms with van der Waals surface area (Å²) in [6, 6.07) is 0. The zero-order valence-corrected chi connectivity index (χ0v) is 4.18. The molecule has 1 aliphatic rings. The molecule has 3 heteroatoms. The predicted octanol–water partition coefficient (Wildman–Crippen LogP) is -0.385. The third kappa shape index (κ3) is 1.43. The summed E-state index contributed by atoms with van der Waals surface area (Å²) in [6.45, 7) is 1.99. The van der Waals surface area contributed by atoms with Crippen molar-refractivity contribution >= 4 is 6.34 Å². The maximum atomic E-state index is 3.85. The molecule has 0 unspecified atom stereocenters. The van der Waals surface area contributed by atoms with Crippen LogP contribution < -0.4 is 5.32 Å². The van der Waals surface area contributed by atoms with Crippen LogP contribution in [0.2, 0.25) is 0 Å². The van der Waals surface area contributed by atoms with Gasteiger partial charge in [-0.1, -0.05) is 0 Å². The molecule has 38 valence electrons. The number of aliphatic imine (C=N–C) groups is 1. The largest absolute Gasteiger partial charge is 1.00 e. The molecule has 0 radical (unpaired) electrons. The SMILES string of the molecule is C1=NCCN1.[Cu+]. The molecule has 2 nitrogen and oxygen atoms in total. The van der Waals surface area contributed by atoms with Crippen LogP contribution in [0, 0.1) is 0 Å². The zero-order valence-electron chi connectivity index (χ0n) is 3.24. The Kier molecular flexibility index (Phi) is 3.18. The van der Waals surface area contributed by atoms with Crippen LogP contribution in [-0.4, -0.2) is 19.4 Å². The maximum Gasteiger partial charge on any atom is 1.00 e. The quantitative estimate of drug-likeness (QED) is 0.448. The molecule has 1 aliphatic heterocycles. The predicted molar refractivity (Wildman–Crippen MR) is 21.4 cm³/mol. The van der Waals surface area contributed by atoms with E-state index in [1.807, 2.05) is 0 Å². The first-order valence-corrected chi connectivity index (χ1v) is 1.72. The average Bonchev–Trinajstić information content (AvgIpc) is 1.76. The molecule has 0 atom stereocenters. The smallest absolute Gasteiger partial charge is 0.375 e. The molecule has 0 saturated heterocycles. The molecule has 0 aromatic heterocycles. The van der Waals surface area contributed by atoms with Crippen LogP contribution in [-0.2, 0) is 17.1 Å². The van der Waals surface area contributed by atoms with Gasteiger partial charge < -0.3 is 5.32 Å². The van der Waals surface area contributed by atoms with E-state index in [1.54, 1.807) is 6.34 Å². The summed E-state index contributed by atoms with van der Waals surface area (Å²) in [7, 11) is 0. The molecule has 0 aromatic carbocycles. The Labute approximate surface area is 47.5 Å². The summed E-state index contributed by atoms with van der Waals surface area (Å²) in [4.78, 5) is 3.85. The fraction of sp³-hybridized carbons (Fsp3) is 0.667. The molecule has 0 spiro atoms. The van der Waals surface area contributed by atoms with E-state index in [4.69, 9.17) is 0 Å². The van der Waals surface area contributed by atoms with Crippen molar-refractivity contribution in [2.75, 3.05) is 13.1 Å². The van der Waals surface area contributed by atoms with Gasteiger partial charge in [0, 0.05) is 6.54 Å². The van der Waals surface area contributed by atoms with E-state index in [-0.39, 0.29) is 17.1 Å². The number of rotatable bonds is 0. The second-order valence-electron chi connectivity index (χ2n) is 0.989. The van der Waals surface area contributed by atoms with E-state index in [0.717, 1.165) is 13.1 Å². The average molecular weight is 134 g/mol. The number of nitrogens with zero attached hydrogens (tertiary/aromatic N) is 1. The van der Waals surface area contributed by atoms with E-state index in [2.05, 4.69) is 10.3 Å². The Balaban J connectivity index is 0.000000250. The molecule has 1 rings (SSSR count). The van der Waals surface area contributed by atoms with Gasteiger partial charge >= 0.3 is 17.1 Å². The monoisotopic (exact) mass is 133 g/mol. The minimum atomic E-state index is 0. The Bertz CT molecular complexity index is 46.8. The van der Waals surface area contributed by atoms with Crippen LogP contribution in [0.1, 0.15) is 0 Å². The van der Waals surface area contributed by atoms with Gasteiger partial charge in [0.25, 0.3) is 0 Å². The summed E-state index contributed by atoms with van der Waals surface area (Å²) in [6.07, 6.45) is 1.74. The van der Waals surface area contributed by atoms with Gasteiger partial charge in [-0.15, -0.1) is 0 Å². The minimum absolute atomic E-state index is 0. The normalized spacial score (nSPS) is 16.0. The van der Waals surface area contributed by atoms with E-state index in [0.29, 0.717) is 0 Å². The van der Waals surface area contributed by atoms with Gasteiger partial charge in [0.05, 0.1) is 12.9 Å². The molecule has 0 bridgehead atoms. The van der Waals surface area contributed by atoms with Gasteiger partial charge in [0.1, 0.15) is 0 Å². The van der Waals surface area contributed by atoms with Crippen molar-refractivity contribution in [3.8, 4) is 0 Å². The van der Waals surface area contributed by atoms with Crippen LogP contribution in [0.3, 0.4) is 0 Å². The summed E-state index contributed by atoms with van der Waals surface area (Å²) >= 11 is 0. The first kappa shape index (κ1) is 5.99. The van der Waals surface area contributed by atoms with Crippen molar-refractivity contribution in [3.63, 3.8) is 0 Å². The third-order valence-corrected chi connectivity index (χ3v) is 0.568. The van der Waals surface area contributed by atoms with Crippen molar-refractivity contribution in [1.82, 2.24) is 5.32 Å². The molecule has 0 amide bonds. The van der Waals surface area contributed by atoms with Crippen molar-refractivity contribution in [2.24, 2.45) is 4.99 Å². The summed E-state index contributed by atoms with van der Waals surface area (Å²) in [5.74, 6) is 0. The van der Waals surface area contributed by atoms with E-state index in [9.17, 15) is 0 Å². The van der Waals surface area contributed by atoms with Crippen LogP contribution in [0.4, 0.5) is 0 Å². The Morgan fingerprint density at radius 3 is 2.67 bits per heavy atom. The van der Waals surface area contributed by atoms with Gasteiger partial charge in [-0.25, -0.2) is 0 Å². The van der Waals surface area contributed by atoms with Crippen LogP contribution in [0.15, 0.2) is 4.99 Å². The number of nitrogens with one attached hydrogen (secondary N) is 1. The Morgan fingerprint density at radius 2 is 2.50 bits per heavy atom. The molecular formula is C3H6CuN2+. The molecule has 0 aliphatic carbocycles. The third-order valence-electron chi connectivity index (χ3n) is 0.568. The van der Waals surface area contributed by atoms with Crippen LogP contribution >= 0.6 is 0 Å². The van der Waals surface area contributed by atoms with E-state index in [1.165, 1.54) is 0 Å². The van der Waals surface area contributed by atoms with Crippen molar-refractivity contribution in [1.29, 1.82) is 0 Å². The Morgan fingerprint density at radius 1 is 1.67 bits per heavy atom. The summed E-state index contributed by atoms with van der Waals surface area (Å²) in [5, 5.41) is 2.93. The molecule has 1 heterocycles. The molecule has 6 heavy (non-hydrogen) atoms. The second-order valence-corrected chi connectivity index (χ2v) is 0.989. The Hall–Kier alpha value is -0.0105. The van der Waals surface area contributed by atoms with Gasteiger partial charge in [-0.05, 0) is 0 Å². The zero-order chi connectivity index (χ0) is 3.54. The van der Waals surface area contributed by atoms with Crippen molar-refractivity contribution in [2.45, 2.75) is 0 Å². The van der Waals surface area contributed by atoms with Crippen molar-refractivity contribution < 1.29 is 17.1 Å². The van der Waals surface area contributed by atoms with Gasteiger partial charge in [-0.3, -0.25) is 4.99 Å². The van der Waals surface area contributed by atoms with Crippen LogP contribution in [0.25, 0.3) is 0 Å².